The summed E-state index contributed by atoms with van der Waals surface area (Å²) in [4.78, 5) is 4.23. The van der Waals surface area contributed by atoms with Crippen LogP contribution < -0.4 is 11.1 Å². The Morgan fingerprint density at radius 2 is 2.20 bits per heavy atom. The maximum absolute atomic E-state index is 9.05. The van der Waals surface area contributed by atoms with Crippen molar-refractivity contribution in [1.82, 2.24) is 4.98 Å². The molecule has 0 aromatic carbocycles. The molecule has 3 N–H and O–H groups in total. The molecule has 0 bridgehead atoms. The molecule has 4 nitrogen and oxygen atoms in total. The van der Waals surface area contributed by atoms with E-state index in [0.29, 0.717) is 17.3 Å². The van der Waals surface area contributed by atoms with Gasteiger partial charge < -0.3 is 11.1 Å². The van der Waals surface area contributed by atoms with E-state index in [-0.39, 0.29) is 23.4 Å². The molecule has 0 aliphatic heterocycles. The van der Waals surface area contributed by atoms with Crippen LogP contribution in [0.25, 0.3) is 0 Å². The van der Waals surface area contributed by atoms with Crippen LogP contribution in [0.15, 0.2) is 18.3 Å². The van der Waals surface area contributed by atoms with Gasteiger partial charge in [-0.3, -0.25) is 0 Å². The molecule has 1 saturated carbocycles. The Balaban J connectivity index is 0.00000200. The second-order valence-corrected chi connectivity index (χ2v) is 6.27. The number of rotatable bonds is 3. The summed E-state index contributed by atoms with van der Waals surface area (Å²) in [5.41, 5.74) is 6.93. The maximum Gasteiger partial charge on any atom is 0.143 e. The first kappa shape index (κ1) is 16.7. The first-order valence-corrected chi connectivity index (χ1v) is 6.76. The molecule has 1 heterocycles. The summed E-state index contributed by atoms with van der Waals surface area (Å²) >= 11 is 0. The van der Waals surface area contributed by atoms with Gasteiger partial charge in [-0.05, 0) is 43.2 Å². The molecule has 110 valence electrons. The van der Waals surface area contributed by atoms with Gasteiger partial charge in [0, 0.05) is 18.3 Å². The van der Waals surface area contributed by atoms with Crippen LogP contribution in [-0.2, 0) is 0 Å². The normalized spacial score (nSPS) is 27.4. The molecular formula is C15H23ClN4. The molecule has 1 fully saturated rings. The molecule has 1 aromatic heterocycles. The predicted molar refractivity (Wildman–Crippen MR) is 83.8 cm³/mol. The van der Waals surface area contributed by atoms with E-state index in [4.69, 9.17) is 11.0 Å². The second-order valence-electron chi connectivity index (χ2n) is 6.27. The van der Waals surface area contributed by atoms with Crippen molar-refractivity contribution in [3.05, 3.63) is 23.9 Å². The number of anilines is 1. The summed E-state index contributed by atoms with van der Waals surface area (Å²) in [6, 6.07) is 5.72. The lowest BCUT2D eigenvalue weighted by Gasteiger charge is -2.39. The molecule has 0 unspecified atom stereocenters. The smallest absolute Gasteiger partial charge is 0.143 e. The third kappa shape index (κ3) is 2.89. The Kier molecular flexibility index (Phi) is 5.01. The lowest BCUT2D eigenvalue weighted by atomic mass is 9.72. The van der Waals surface area contributed by atoms with E-state index < -0.39 is 0 Å². The maximum atomic E-state index is 9.05. The Morgan fingerprint density at radius 3 is 2.75 bits per heavy atom. The van der Waals surface area contributed by atoms with Crippen molar-refractivity contribution in [2.24, 2.45) is 17.1 Å². The van der Waals surface area contributed by atoms with Crippen LogP contribution in [0.2, 0.25) is 0 Å². The second kappa shape index (κ2) is 5.99. The van der Waals surface area contributed by atoms with Crippen LogP contribution in [0.1, 0.15) is 39.2 Å². The highest BCUT2D eigenvalue weighted by Crippen LogP contribution is 2.48. The van der Waals surface area contributed by atoms with E-state index in [1.807, 2.05) is 0 Å². The first-order valence-electron chi connectivity index (χ1n) is 6.76. The average molecular weight is 295 g/mol. The molecule has 0 spiro atoms. The molecule has 5 heteroatoms. The van der Waals surface area contributed by atoms with Crippen LogP contribution in [0.5, 0.6) is 0 Å². The molecule has 1 aliphatic carbocycles. The summed E-state index contributed by atoms with van der Waals surface area (Å²) < 4.78 is 0. The Bertz CT molecular complexity index is 505. The van der Waals surface area contributed by atoms with Gasteiger partial charge in [0.05, 0.1) is 5.56 Å². The average Bonchev–Trinajstić information content (AvgIpc) is 2.57. The molecule has 1 aliphatic rings. The van der Waals surface area contributed by atoms with E-state index in [0.717, 1.165) is 19.4 Å². The van der Waals surface area contributed by atoms with Gasteiger partial charge in [-0.25, -0.2) is 4.98 Å². The number of hydrogen-bond acceptors (Lipinski definition) is 4. The molecule has 2 atom stereocenters. The van der Waals surface area contributed by atoms with E-state index >= 15 is 0 Å². The molecule has 0 radical (unpaired) electrons. The zero-order valence-electron chi connectivity index (χ0n) is 12.3. The van der Waals surface area contributed by atoms with Crippen LogP contribution in [0, 0.1) is 22.7 Å². The Morgan fingerprint density at radius 1 is 1.50 bits per heavy atom. The number of nitrogens with zero attached hydrogens (tertiary/aromatic N) is 2. The minimum absolute atomic E-state index is 0. The standard InChI is InChI=1S/C15H22N4.ClH/c1-14(2)12(6-7-15(14,3)17)10-19-13-11(9-16)5-4-8-18-13;/h4-5,8,12H,6-7,10,17H2,1-3H3,(H,18,19);1H/t12-,15-;/m1./s1. The Hall–Kier alpha value is -1.31. The molecule has 2 rings (SSSR count). The fourth-order valence-electron chi connectivity index (χ4n) is 2.84. The number of nitriles is 1. The number of pyridine rings is 1. The van der Waals surface area contributed by atoms with Crippen molar-refractivity contribution in [1.29, 1.82) is 5.26 Å². The number of halogens is 1. The summed E-state index contributed by atoms with van der Waals surface area (Å²) in [6.45, 7) is 7.41. The van der Waals surface area contributed by atoms with Gasteiger partial charge in [-0.15, -0.1) is 12.4 Å². The predicted octanol–water partition coefficient (Wildman–Crippen LogP) is 2.94. The van der Waals surface area contributed by atoms with Crippen LogP contribution >= 0.6 is 12.4 Å². The lowest BCUT2D eigenvalue weighted by Crippen LogP contribution is -2.49. The van der Waals surface area contributed by atoms with Crippen molar-refractivity contribution in [3.8, 4) is 6.07 Å². The highest BCUT2D eigenvalue weighted by Gasteiger charge is 2.48. The fourth-order valence-corrected chi connectivity index (χ4v) is 2.84. The first-order chi connectivity index (χ1) is 8.88. The molecule has 20 heavy (non-hydrogen) atoms. The zero-order chi connectivity index (χ0) is 14.1. The Labute approximate surface area is 127 Å². The van der Waals surface area contributed by atoms with Gasteiger partial charge in [-0.1, -0.05) is 13.8 Å². The molecule has 0 amide bonds. The van der Waals surface area contributed by atoms with E-state index in [1.165, 1.54) is 0 Å². The van der Waals surface area contributed by atoms with E-state index in [2.05, 4.69) is 37.1 Å². The third-order valence-corrected chi connectivity index (χ3v) is 4.95. The van der Waals surface area contributed by atoms with Gasteiger partial charge in [0.1, 0.15) is 11.9 Å². The summed E-state index contributed by atoms with van der Waals surface area (Å²) in [5, 5.41) is 12.4. The number of nitrogens with two attached hydrogens (primary N) is 1. The SMILES string of the molecule is CC1(C)[C@@H](CNc2ncccc2C#N)CC[C@@]1(C)N.Cl. The fraction of sp³-hybridized carbons (Fsp3) is 0.600. The van der Waals surface area contributed by atoms with Crippen LogP contribution in [0.4, 0.5) is 5.82 Å². The van der Waals surface area contributed by atoms with Crippen LogP contribution in [-0.4, -0.2) is 17.1 Å². The lowest BCUT2D eigenvalue weighted by molar-refractivity contribution is 0.172. The van der Waals surface area contributed by atoms with Gasteiger partial charge >= 0.3 is 0 Å². The van der Waals surface area contributed by atoms with Crippen molar-refractivity contribution in [3.63, 3.8) is 0 Å². The highest BCUT2D eigenvalue weighted by molar-refractivity contribution is 5.85. The van der Waals surface area contributed by atoms with Gasteiger partial charge in [0.2, 0.25) is 0 Å². The van der Waals surface area contributed by atoms with Gasteiger partial charge in [-0.2, -0.15) is 5.26 Å². The van der Waals surface area contributed by atoms with Gasteiger partial charge in [0.25, 0.3) is 0 Å². The number of hydrogen-bond donors (Lipinski definition) is 2. The van der Waals surface area contributed by atoms with E-state index in [9.17, 15) is 0 Å². The molecule has 1 aromatic rings. The zero-order valence-corrected chi connectivity index (χ0v) is 13.1. The highest BCUT2D eigenvalue weighted by atomic mass is 35.5. The van der Waals surface area contributed by atoms with Gasteiger partial charge in [0.15, 0.2) is 0 Å². The number of nitrogens with one attached hydrogen (secondary N) is 1. The quantitative estimate of drug-likeness (QED) is 0.899. The summed E-state index contributed by atoms with van der Waals surface area (Å²) in [5.74, 6) is 1.17. The van der Waals surface area contributed by atoms with Crippen molar-refractivity contribution < 1.29 is 0 Å². The minimum atomic E-state index is -0.123. The van der Waals surface area contributed by atoms with Crippen molar-refractivity contribution >= 4 is 18.2 Å². The molecular weight excluding hydrogens is 272 g/mol. The van der Waals surface area contributed by atoms with Crippen LogP contribution in [0.3, 0.4) is 0 Å². The summed E-state index contributed by atoms with van der Waals surface area (Å²) in [7, 11) is 0. The molecule has 0 saturated heterocycles. The monoisotopic (exact) mass is 294 g/mol. The number of aromatic nitrogens is 1. The summed E-state index contributed by atoms with van der Waals surface area (Å²) in [6.07, 6.45) is 3.86. The minimum Gasteiger partial charge on any atom is -0.369 e. The topological polar surface area (TPSA) is 74.7 Å². The largest absolute Gasteiger partial charge is 0.369 e. The van der Waals surface area contributed by atoms with Crippen molar-refractivity contribution in [2.75, 3.05) is 11.9 Å². The van der Waals surface area contributed by atoms with Crippen molar-refractivity contribution in [2.45, 2.75) is 39.2 Å². The third-order valence-electron chi connectivity index (χ3n) is 4.95. The van der Waals surface area contributed by atoms with E-state index in [1.54, 1.807) is 18.3 Å².